The Bertz CT molecular complexity index is 2250. The van der Waals surface area contributed by atoms with E-state index >= 15 is 0 Å². The van der Waals surface area contributed by atoms with Gasteiger partial charge in [-0.1, -0.05) is 73.8 Å². The van der Waals surface area contributed by atoms with Gasteiger partial charge in [0, 0.05) is 84.0 Å². The van der Waals surface area contributed by atoms with Crippen LogP contribution in [0.25, 0.3) is 33.6 Å². The molecular weight excluding hydrogens is 803 g/mol. The molecule has 58 heavy (non-hydrogen) atoms. The number of nitrogens with two attached hydrogens (primary N) is 1. The largest absolute Gasteiger partial charge is 0.496 e. The molecule has 0 radical (unpaired) electrons. The van der Waals surface area contributed by atoms with Gasteiger partial charge in [0.15, 0.2) is 0 Å². The first kappa shape index (κ1) is 41.5. The zero-order valence-electron chi connectivity index (χ0n) is 33.1. The van der Waals surface area contributed by atoms with E-state index in [0.29, 0.717) is 68.0 Å². The first-order chi connectivity index (χ1) is 27.7. The summed E-state index contributed by atoms with van der Waals surface area (Å²) in [4.78, 5) is 48.3. The van der Waals surface area contributed by atoms with E-state index < -0.39 is 29.6 Å². The minimum absolute atomic E-state index is 0.117. The molecule has 0 spiro atoms. The molecule has 2 saturated heterocycles. The molecule has 2 aromatic heterocycles. The Morgan fingerprint density at radius 2 is 1.67 bits per heavy atom. The molecule has 306 valence electrons. The van der Waals surface area contributed by atoms with Crippen LogP contribution in [-0.2, 0) is 27.3 Å². The van der Waals surface area contributed by atoms with Crippen LogP contribution in [0.5, 0.6) is 11.6 Å². The molecule has 3 amide bonds. The summed E-state index contributed by atoms with van der Waals surface area (Å²) >= 11 is 21.6. The summed E-state index contributed by atoms with van der Waals surface area (Å²) in [6.07, 6.45) is 2.89. The first-order valence-electron chi connectivity index (χ1n) is 19.3. The van der Waals surface area contributed by atoms with Crippen LogP contribution in [0.1, 0.15) is 69.1 Å². The number of fused-ring (bicyclic) bond motifs is 1. The minimum Gasteiger partial charge on any atom is -0.496 e. The minimum atomic E-state index is -0.966. The molecule has 4 N–H and O–H groups in total. The molecule has 4 atom stereocenters. The van der Waals surface area contributed by atoms with Gasteiger partial charge in [0.25, 0.3) is 0 Å². The van der Waals surface area contributed by atoms with Gasteiger partial charge in [-0.05, 0) is 54.5 Å². The van der Waals surface area contributed by atoms with Crippen molar-refractivity contribution in [2.75, 3.05) is 27.3 Å². The SMILES string of the molecule is COc1cc(-c2nccc(-c3cccc(-c4cc(Cl)c(C(C(OC(N)=O)[C@@H]5CCC(=O)N5)C(C)(C)C)c(OC)n4)c3Cl)c2Cl)cc2c1CN(C[C@@H]1CCC(=O)N1)CC2. The van der Waals surface area contributed by atoms with Crippen molar-refractivity contribution in [3.05, 3.63) is 80.4 Å². The molecule has 4 aromatic rings. The number of amides is 3. The van der Waals surface area contributed by atoms with Crippen LogP contribution in [0.3, 0.4) is 0 Å². The van der Waals surface area contributed by atoms with Gasteiger partial charge in [0.2, 0.25) is 17.7 Å². The van der Waals surface area contributed by atoms with Crippen LogP contribution in [0.15, 0.2) is 48.7 Å². The zero-order valence-corrected chi connectivity index (χ0v) is 35.4. The van der Waals surface area contributed by atoms with E-state index in [9.17, 15) is 14.4 Å². The van der Waals surface area contributed by atoms with Crippen molar-refractivity contribution in [3.8, 4) is 45.3 Å². The van der Waals surface area contributed by atoms with E-state index in [2.05, 4.69) is 21.6 Å². The molecule has 12 nitrogen and oxygen atoms in total. The van der Waals surface area contributed by atoms with E-state index in [0.717, 1.165) is 49.4 Å². The number of methoxy groups -OCH3 is 2. The molecule has 7 rings (SSSR count). The zero-order chi connectivity index (χ0) is 41.5. The second-order valence-electron chi connectivity index (χ2n) is 16.2. The Morgan fingerprint density at radius 1 is 0.948 bits per heavy atom. The third-order valence-corrected chi connectivity index (χ3v) is 12.4. The number of nitrogens with one attached hydrogen (secondary N) is 2. The number of hydrogen-bond acceptors (Lipinski definition) is 9. The van der Waals surface area contributed by atoms with Crippen LogP contribution in [-0.4, -0.2) is 78.3 Å². The van der Waals surface area contributed by atoms with Gasteiger partial charge < -0.3 is 30.6 Å². The fourth-order valence-electron chi connectivity index (χ4n) is 8.65. The quantitative estimate of drug-likeness (QED) is 0.136. The lowest BCUT2D eigenvalue weighted by Crippen LogP contribution is -2.47. The van der Waals surface area contributed by atoms with Gasteiger partial charge in [-0.25, -0.2) is 9.78 Å². The normalized spacial score (nSPS) is 19.2. The van der Waals surface area contributed by atoms with Gasteiger partial charge in [0.1, 0.15) is 11.9 Å². The van der Waals surface area contributed by atoms with Crippen molar-refractivity contribution in [1.29, 1.82) is 0 Å². The highest BCUT2D eigenvalue weighted by Gasteiger charge is 2.45. The monoisotopic (exact) mass is 848 g/mol. The van der Waals surface area contributed by atoms with Gasteiger partial charge in [-0.2, -0.15) is 0 Å². The molecule has 0 saturated carbocycles. The number of nitrogens with zero attached hydrogens (tertiary/aromatic N) is 3. The van der Waals surface area contributed by atoms with Crippen molar-refractivity contribution < 1.29 is 28.6 Å². The van der Waals surface area contributed by atoms with Crippen molar-refractivity contribution in [2.24, 2.45) is 11.1 Å². The summed E-state index contributed by atoms with van der Waals surface area (Å²) in [6, 6.07) is 12.9. The molecular formula is C43H47Cl3N6O6. The second-order valence-corrected chi connectivity index (χ2v) is 17.3. The molecule has 0 aliphatic carbocycles. The molecule has 3 aliphatic heterocycles. The highest BCUT2D eigenvalue weighted by molar-refractivity contribution is 6.39. The van der Waals surface area contributed by atoms with Gasteiger partial charge in [0.05, 0.1) is 46.7 Å². The van der Waals surface area contributed by atoms with Crippen LogP contribution in [0, 0.1) is 5.41 Å². The Hall–Kier alpha value is -4.62. The lowest BCUT2D eigenvalue weighted by atomic mass is 9.71. The highest BCUT2D eigenvalue weighted by atomic mass is 35.5. The number of carbonyl (C=O) groups is 3. The van der Waals surface area contributed by atoms with Crippen LogP contribution >= 0.6 is 34.8 Å². The van der Waals surface area contributed by atoms with Crippen LogP contribution < -0.4 is 25.8 Å². The van der Waals surface area contributed by atoms with Gasteiger partial charge >= 0.3 is 6.09 Å². The number of aromatic nitrogens is 2. The molecule has 15 heteroatoms. The Morgan fingerprint density at radius 3 is 2.33 bits per heavy atom. The summed E-state index contributed by atoms with van der Waals surface area (Å²) in [5.74, 6) is 0.369. The maximum atomic E-state index is 12.3. The number of halogens is 3. The third kappa shape index (κ3) is 8.43. The standard InChI is InChI=1S/C43H47Cl3N6O6/c1-43(2,3)36(40(58-42(47)55)30-10-12-34(54)50-30)35-29(44)19-31(51-41(35)57-5)27-8-6-7-25(37(27)45)26-13-15-48-39(38(26)46)23-17-22-14-16-52(20-24-9-11-33(53)49-24)21-28(22)32(18-23)56-4/h6-8,13,15,17-19,24,30,36,40H,9-12,14,16,20-21H2,1-5H3,(H2,47,55)(H,49,53)(H,50,54)/t24-,30-,36?,40?/m0/s1. The number of benzene rings is 2. The summed E-state index contributed by atoms with van der Waals surface area (Å²) < 4.78 is 17.5. The lowest BCUT2D eigenvalue weighted by Gasteiger charge is -2.40. The molecule has 2 aromatic carbocycles. The van der Waals surface area contributed by atoms with Gasteiger partial charge in [-0.3, -0.25) is 19.5 Å². The summed E-state index contributed by atoms with van der Waals surface area (Å²) in [7, 11) is 3.16. The number of primary amides is 1. The number of pyridine rings is 2. The summed E-state index contributed by atoms with van der Waals surface area (Å²) in [6.45, 7) is 8.33. The maximum absolute atomic E-state index is 12.3. The fourth-order valence-corrected chi connectivity index (χ4v) is 9.60. The Balaban J connectivity index is 1.23. The Kier molecular flexibility index (Phi) is 12.1. The van der Waals surface area contributed by atoms with Gasteiger partial charge in [-0.15, -0.1) is 0 Å². The topological polar surface area (TPSA) is 158 Å². The van der Waals surface area contributed by atoms with Crippen molar-refractivity contribution >= 4 is 52.7 Å². The summed E-state index contributed by atoms with van der Waals surface area (Å²) in [5, 5.41) is 7.12. The average Bonchev–Trinajstić information content (AvgIpc) is 3.81. The summed E-state index contributed by atoms with van der Waals surface area (Å²) in [5.41, 5.74) is 11.6. The van der Waals surface area contributed by atoms with E-state index in [1.165, 1.54) is 12.7 Å². The van der Waals surface area contributed by atoms with E-state index in [4.69, 9.17) is 64.7 Å². The third-order valence-electron chi connectivity index (χ3n) is 11.3. The van der Waals surface area contributed by atoms with Crippen LogP contribution in [0.2, 0.25) is 15.1 Å². The number of ether oxygens (including phenoxy) is 3. The number of carbonyl (C=O) groups excluding carboxylic acids is 3. The van der Waals surface area contributed by atoms with Crippen LogP contribution in [0.4, 0.5) is 4.79 Å². The predicted molar refractivity (Wildman–Crippen MR) is 224 cm³/mol. The molecule has 2 fully saturated rings. The molecule has 0 bridgehead atoms. The van der Waals surface area contributed by atoms with E-state index in [1.807, 2.05) is 51.1 Å². The highest BCUT2D eigenvalue weighted by Crippen LogP contribution is 2.49. The van der Waals surface area contributed by atoms with Crippen molar-refractivity contribution in [2.45, 2.75) is 83.5 Å². The van der Waals surface area contributed by atoms with Crippen molar-refractivity contribution in [1.82, 2.24) is 25.5 Å². The predicted octanol–water partition coefficient (Wildman–Crippen LogP) is 7.96. The Labute approximate surface area is 353 Å². The lowest BCUT2D eigenvalue weighted by molar-refractivity contribution is -0.120. The number of hydrogen-bond donors (Lipinski definition) is 3. The fraction of sp³-hybridized carbons (Fsp3) is 0.419. The second kappa shape index (κ2) is 16.9. The first-order valence-corrected chi connectivity index (χ1v) is 20.5. The molecule has 3 aliphatic rings. The van der Waals surface area contributed by atoms with E-state index in [1.54, 1.807) is 19.4 Å². The molecule has 2 unspecified atom stereocenters. The molecule has 5 heterocycles. The maximum Gasteiger partial charge on any atom is 0.404 e. The van der Waals surface area contributed by atoms with E-state index in [-0.39, 0.29) is 23.7 Å². The average molecular weight is 850 g/mol. The smallest absolute Gasteiger partial charge is 0.404 e. The number of rotatable bonds is 11. The van der Waals surface area contributed by atoms with Crippen molar-refractivity contribution in [3.63, 3.8) is 0 Å².